The highest BCUT2D eigenvalue weighted by Crippen LogP contribution is 2.34. The molecule has 0 radical (unpaired) electrons. The predicted octanol–water partition coefficient (Wildman–Crippen LogP) is 5.10. The van der Waals surface area contributed by atoms with Gasteiger partial charge in [0.05, 0.1) is 22.1 Å². The van der Waals surface area contributed by atoms with Crippen LogP contribution in [0.4, 0.5) is 4.39 Å². The van der Waals surface area contributed by atoms with Gasteiger partial charge in [0.25, 0.3) is 5.56 Å². The van der Waals surface area contributed by atoms with Crippen LogP contribution in [-0.2, 0) is 6.54 Å². The fraction of sp³-hybridized carbons (Fsp3) is 0.0909. The van der Waals surface area contributed by atoms with Crippen molar-refractivity contribution in [3.05, 3.63) is 86.8 Å². The van der Waals surface area contributed by atoms with E-state index in [4.69, 9.17) is 11.6 Å². The van der Waals surface area contributed by atoms with E-state index in [9.17, 15) is 9.18 Å². The Morgan fingerprint density at radius 2 is 1.82 bits per heavy atom. The van der Waals surface area contributed by atoms with Gasteiger partial charge < -0.3 is 0 Å². The Bertz CT molecular complexity index is 1510. The van der Waals surface area contributed by atoms with Crippen LogP contribution >= 0.6 is 34.3 Å². The van der Waals surface area contributed by atoms with Crippen molar-refractivity contribution in [1.29, 1.82) is 0 Å². The molecule has 0 N–H and O–H groups in total. The molecule has 5 aromatic rings. The van der Waals surface area contributed by atoms with Crippen molar-refractivity contribution in [2.45, 2.75) is 13.5 Å². The van der Waals surface area contributed by atoms with Gasteiger partial charge in [0.2, 0.25) is 0 Å². The smallest absolute Gasteiger partial charge is 0.267 e. The first-order valence-corrected chi connectivity index (χ1v) is 11.7. The topological polar surface area (TPSA) is 86.5 Å². The Morgan fingerprint density at radius 1 is 1.00 bits per heavy atom. The number of aromatic nitrogens is 6. The molecule has 4 aromatic heterocycles. The Labute approximate surface area is 200 Å². The summed E-state index contributed by atoms with van der Waals surface area (Å²) < 4.78 is 14.5. The summed E-state index contributed by atoms with van der Waals surface area (Å²) in [5.41, 5.74) is 2.75. The molecule has 4 heterocycles. The number of hydrogen-bond acceptors (Lipinski definition) is 8. The van der Waals surface area contributed by atoms with Crippen molar-refractivity contribution in [1.82, 2.24) is 29.9 Å². The molecule has 11 heteroatoms. The second kappa shape index (κ2) is 8.89. The van der Waals surface area contributed by atoms with E-state index < -0.39 is 0 Å². The fourth-order valence-corrected chi connectivity index (χ4v) is 5.14. The van der Waals surface area contributed by atoms with Crippen LogP contribution in [0.5, 0.6) is 0 Å². The molecule has 0 aliphatic rings. The third-order valence-corrected chi connectivity index (χ3v) is 7.08. The van der Waals surface area contributed by atoms with Crippen molar-refractivity contribution < 1.29 is 4.39 Å². The second-order valence-corrected chi connectivity index (χ2v) is 9.55. The van der Waals surface area contributed by atoms with E-state index in [1.807, 2.05) is 6.92 Å². The minimum Gasteiger partial charge on any atom is -0.268 e. The fourth-order valence-electron chi connectivity index (χ4n) is 3.12. The molecule has 164 valence electrons. The average molecular weight is 497 g/mol. The van der Waals surface area contributed by atoms with Crippen molar-refractivity contribution in [2.75, 3.05) is 0 Å². The number of rotatable bonds is 5. The molecule has 33 heavy (non-hydrogen) atoms. The zero-order valence-electron chi connectivity index (χ0n) is 17.1. The van der Waals surface area contributed by atoms with E-state index >= 15 is 0 Å². The molecule has 0 fully saturated rings. The molecular weight excluding hydrogens is 483 g/mol. The molecule has 0 saturated heterocycles. The summed E-state index contributed by atoms with van der Waals surface area (Å²) in [4.78, 5) is 22.0. The summed E-state index contributed by atoms with van der Waals surface area (Å²) in [5, 5.41) is 15.4. The van der Waals surface area contributed by atoms with Gasteiger partial charge >= 0.3 is 0 Å². The van der Waals surface area contributed by atoms with Gasteiger partial charge in [0, 0.05) is 29.6 Å². The Hall–Kier alpha value is -3.34. The van der Waals surface area contributed by atoms with Crippen LogP contribution in [0, 0.1) is 12.7 Å². The van der Waals surface area contributed by atoms with Crippen LogP contribution in [-0.4, -0.2) is 29.9 Å². The monoisotopic (exact) mass is 496 g/mol. The molecule has 5 rings (SSSR count). The van der Waals surface area contributed by atoms with Crippen LogP contribution < -0.4 is 5.56 Å². The molecule has 0 saturated carbocycles. The van der Waals surface area contributed by atoms with Crippen molar-refractivity contribution in [2.24, 2.45) is 0 Å². The normalized spacial score (nSPS) is 11.1. The highest BCUT2D eigenvalue weighted by Gasteiger charge is 2.15. The van der Waals surface area contributed by atoms with Gasteiger partial charge in [-0.05, 0) is 43.3 Å². The molecule has 7 nitrogen and oxygen atoms in total. The maximum absolute atomic E-state index is 13.2. The number of benzene rings is 1. The van der Waals surface area contributed by atoms with Gasteiger partial charge in [-0.15, -0.1) is 21.5 Å². The van der Waals surface area contributed by atoms with E-state index in [-0.39, 0.29) is 17.9 Å². The van der Waals surface area contributed by atoms with Crippen LogP contribution in [0.25, 0.3) is 31.7 Å². The molecule has 0 unspecified atom stereocenters. The van der Waals surface area contributed by atoms with Crippen LogP contribution in [0.3, 0.4) is 0 Å². The molecule has 0 aliphatic carbocycles. The van der Waals surface area contributed by atoms with Gasteiger partial charge in [-0.2, -0.15) is 5.10 Å². The van der Waals surface area contributed by atoms with Gasteiger partial charge in [0.1, 0.15) is 26.5 Å². The van der Waals surface area contributed by atoms with Crippen LogP contribution in [0.2, 0.25) is 5.02 Å². The average Bonchev–Trinajstić information content (AvgIpc) is 3.43. The lowest BCUT2D eigenvalue weighted by Crippen LogP contribution is -2.22. The first kappa shape index (κ1) is 21.5. The number of pyridine rings is 1. The Balaban J connectivity index is 1.44. The molecular formula is C22H14ClFN6OS2. The molecule has 0 amide bonds. The van der Waals surface area contributed by atoms with Crippen molar-refractivity contribution in [3.8, 4) is 31.7 Å². The Kier molecular flexibility index (Phi) is 5.79. The highest BCUT2D eigenvalue weighted by atomic mass is 35.5. The minimum atomic E-state index is -0.316. The lowest BCUT2D eigenvalue weighted by atomic mass is 10.2. The van der Waals surface area contributed by atoms with Gasteiger partial charge in [-0.25, -0.2) is 14.1 Å². The van der Waals surface area contributed by atoms with E-state index in [0.717, 1.165) is 26.7 Å². The first-order chi connectivity index (χ1) is 16.0. The zero-order valence-corrected chi connectivity index (χ0v) is 19.5. The minimum absolute atomic E-state index is 0.175. The standard InChI is InChI=1S/C22H14ClFN6OS2/c1-12-20(33-21(26-12)14-8-15(23)10-25-9-14)17-6-7-19(31)30(29-17)11-18-27-28-22(32-18)13-2-4-16(24)5-3-13/h2-10H,11H2,1H3. The summed E-state index contributed by atoms with van der Waals surface area (Å²) in [6.45, 7) is 2.07. The third-order valence-electron chi connectivity index (χ3n) is 4.69. The molecule has 0 bridgehead atoms. The molecule has 1 aromatic carbocycles. The molecule has 0 aliphatic heterocycles. The summed E-state index contributed by atoms with van der Waals surface area (Å²) in [6, 6.07) is 11.0. The largest absolute Gasteiger partial charge is 0.268 e. The number of nitrogens with zero attached hydrogens (tertiary/aromatic N) is 6. The Morgan fingerprint density at radius 3 is 2.61 bits per heavy atom. The lowest BCUT2D eigenvalue weighted by Gasteiger charge is -2.04. The SMILES string of the molecule is Cc1nc(-c2cncc(Cl)c2)sc1-c1ccc(=O)n(Cc2nnc(-c3ccc(F)cc3)s2)n1. The maximum atomic E-state index is 13.2. The first-order valence-electron chi connectivity index (χ1n) is 9.71. The third kappa shape index (κ3) is 4.58. The number of thiazole rings is 1. The molecule has 0 atom stereocenters. The summed E-state index contributed by atoms with van der Waals surface area (Å²) in [6.07, 6.45) is 3.27. The van der Waals surface area contributed by atoms with Crippen molar-refractivity contribution >= 4 is 34.3 Å². The zero-order chi connectivity index (χ0) is 22.9. The number of hydrogen-bond donors (Lipinski definition) is 0. The maximum Gasteiger partial charge on any atom is 0.267 e. The quantitative estimate of drug-likeness (QED) is 0.336. The van der Waals surface area contributed by atoms with E-state index in [1.54, 1.807) is 36.7 Å². The number of halogens is 2. The van der Waals surface area contributed by atoms with E-state index in [2.05, 4.69) is 25.3 Å². The van der Waals surface area contributed by atoms with Crippen molar-refractivity contribution in [3.63, 3.8) is 0 Å². The highest BCUT2D eigenvalue weighted by molar-refractivity contribution is 7.18. The molecule has 0 spiro atoms. The van der Waals surface area contributed by atoms with Crippen LogP contribution in [0.15, 0.2) is 59.7 Å². The second-order valence-electron chi connectivity index (χ2n) is 7.05. The van der Waals surface area contributed by atoms with Gasteiger partial charge in [0.15, 0.2) is 0 Å². The number of aryl methyl sites for hydroxylation is 1. The predicted molar refractivity (Wildman–Crippen MR) is 127 cm³/mol. The van der Waals surface area contributed by atoms with E-state index in [0.29, 0.717) is 20.7 Å². The lowest BCUT2D eigenvalue weighted by molar-refractivity contribution is 0.628. The van der Waals surface area contributed by atoms with Gasteiger partial charge in [-0.3, -0.25) is 9.78 Å². The van der Waals surface area contributed by atoms with E-state index in [1.165, 1.54) is 45.6 Å². The summed E-state index contributed by atoms with van der Waals surface area (Å²) in [5.74, 6) is -0.316. The summed E-state index contributed by atoms with van der Waals surface area (Å²) >= 11 is 8.84. The van der Waals surface area contributed by atoms with Gasteiger partial charge in [-0.1, -0.05) is 22.9 Å². The van der Waals surface area contributed by atoms with Crippen LogP contribution in [0.1, 0.15) is 10.7 Å². The summed E-state index contributed by atoms with van der Waals surface area (Å²) in [7, 11) is 0.